The van der Waals surface area contributed by atoms with Gasteiger partial charge in [-0.05, 0) is 30.3 Å². The molecule has 1 saturated heterocycles. The SMILES string of the molecule is O=C(NCC#Cc1cccc(C(F)(F)F)c1)N1CCN(c2ccccc2Cl)CC1. The van der Waals surface area contributed by atoms with Gasteiger partial charge in [0.05, 0.1) is 22.8 Å². The number of piperazine rings is 1. The summed E-state index contributed by atoms with van der Waals surface area (Å²) in [4.78, 5) is 16.1. The van der Waals surface area contributed by atoms with Crippen LogP contribution < -0.4 is 10.2 Å². The fourth-order valence-corrected chi connectivity index (χ4v) is 3.27. The summed E-state index contributed by atoms with van der Waals surface area (Å²) in [5, 5.41) is 3.36. The van der Waals surface area contributed by atoms with Gasteiger partial charge in [0, 0.05) is 31.7 Å². The number of rotatable bonds is 2. The fraction of sp³-hybridized carbons (Fsp3) is 0.286. The summed E-state index contributed by atoms with van der Waals surface area (Å²) in [5.74, 6) is 5.33. The molecule has 1 aliphatic rings. The molecule has 0 aliphatic carbocycles. The van der Waals surface area contributed by atoms with Crippen molar-refractivity contribution in [1.82, 2.24) is 10.2 Å². The highest BCUT2D eigenvalue weighted by atomic mass is 35.5. The molecule has 152 valence electrons. The number of benzene rings is 2. The molecule has 8 heteroatoms. The Morgan fingerprint density at radius 3 is 2.48 bits per heavy atom. The van der Waals surface area contributed by atoms with E-state index in [0.29, 0.717) is 31.2 Å². The van der Waals surface area contributed by atoms with Crippen LogP contribution in [0.25, 0.3) is 0 Å². The zero-order valence-electron chi connectivity index (χ0n) is 15.5. The smallest absolute Gasteiger partial charge is 0.367 e. The van der Waals surface area contributed by atoms with Gasteiger partial charge in [0.1, 0.15) is 0 Å². The first-order valence-electron chi connectivity index (χ1n) is 9.03. The number of nitrogens with zero attached hydrogens (tertiary/aromatic N) is 2. The number of carbonyl (C=O) groups excluding carboxylic acids is 1. The van der Waals surface area contributed by atoms with Crippen LogP contribution in [0.4, 0.5) is 23.7 Å². The summed E-state index contributed by atoms with van der Waals surface area (Å²) < 4.78 is 38.1. The molecule has 4 nitrogen and oxygen atoms in total. The van der Waals surface area contributed by atoms with Gasteiger partial charge < -0.3 is 15.1 Å². The first-order valence-corrected chi connectivity index (χ1v) is 9.41. The maximum atomic E-state index is 12.7. The van der Waals surface area contributed by atoms with E-state index in [4.69, 9.17) is 11.6 Å². The van der Waals surface area contributed by atoms with Gasteiger partial charge in [-0.3, -0.25) is 0 Å². The molecule has 3 rings (SSSR count). The van der Waals surface area contributed by atoms with Gasteiger partial charge in [-0.2, -0.15) is 13.2 Å². The molecule has 1 aliphatic heterocycles. The number of hydrogen-bond donors (Lipinski definition) is 1. The number of anilines is 1. The van der Waals surface area contributed by atoms with E-state index >= 15 is 0 Å². The van der Waals surface area contributed by atoms with Crippen LogP contribution in [0.1, 0.15) is 11.1 Å². The molecule has 0 saturated carbocycles. The molecule has 1 fully saturated rings. The molecule has 0 spiro atoms. The van der Waals surface area contributed by atoms with Crippen LogP contribution in [-0.4, -0.2) is 43.7 Å². The fourth-order valence-electron chi connectivity index (χ4n) is 3.01. The van der Waals surface area contributed by atoms with Crippen LogP contribution in [0.5, 0.6) is 0 Å². The highest BCUT2D eigenvalue weighted by Crippen LogP contribution is 2.29. The largest absolute Gasteiger partial charge is 0.416 e. The minimum absolute atomic E-state index is 0.0554. The summed E-state index contributed by atoms with van der Waals surface area (Å²) in [6.45, 7) is 2.45. The Morgan fingerprint density at radius 1 is 1.07 bits per heavy atom. The van der Waals surface area contributed by atoms with Gasteiger partial charge in [-0.15, -0.1) is 0 Å². The predicted octanol–water partition coefficient (Wildman–Crippen LogP) is 4.24. The lowest BCUT2D eigenvalue weighted by Gasteiger charge is -2.36. The number of amides is 2. The lowest BCUT2D eigenvalue weighted by atomic mass is 10.1. The summed E-state index contributed by atoms with van der Waals surface area (Å²) in [5.41, 5.74) is 0.452. The third kappa shape index (κ3) is 5.58. The van der Waals surface area contributed by atoms with E-state index in [1.807, 2.05) is 24.3 Å². The second-order valence-electron chi connectivity index (χ2n) is 6.46. The van der Waals surface area contributed by atoms with Gasteiger partial charge in [-0.25, -0.2) is 4.79 Å². The summed E-state index contributed by atoms with van der Waals surface area (Å²) in [7, 11) is 0. The van der Waals surface area contributed by atoms with Gasteiger partial charge >= 0.3 is 12.2 Å². The number of hydrogen-bond acceptors (Lipinski definition) is 2. The Bertz CT molecular complexity index is 928. The second-order valence-corrected chi connectivity index (χ2v) is 6.87. The molecular weight excluding hydrogens is 403 g/mol. The molecule has 2 aromatic rings. The molecule has 0 atom stereocenters. The molecule has 0 unspecified atom stereocenters. The van der Waals surface area contributed by atoms with E-state index in [0.717, 1.165) is 17.8 Å². The van der Waals surface area contributed by atoms with Crippen LogP contribution in [-0.2, 0) is 6.18 Å². The van der Waals surface area contributed by atoms with Gasteiger partial charge in [0.25, 0.3) is 0 Å². The Hall–Kier alpha value is -2.85. The van der Waals surface area contributed by atoms with Crippen molar-refractivity contribution in [3.05, 3.63) is 64.7 Å². The quantitative estimate of drug-likeness (QED) is 0.736. The molecule has 1 heterocycles. The number of urea groups is 1. The third-order valence-corrected chi connectivity index (χ3v) is 4.83. The number of nitrogens with one attached hydrogen (secondary N) is 1. The van der Waals surface area contributed by atoms with E-state index in [1.165, 1.54) is 12.1 Å². The minimum Gasteiger partial charge on any atom is -0.367 e. The molecular formula is C21H19ClF3N3O. The number of para-hydroxylation sites is 1. The number of carbonyl (C=O) groups is 1. The maximum absolute atomic E-state index is 12.7. The topological polar surface area (TPSA) is 35.6 Å². The van der Waals surface area contributed by atoms with Crippen molar-refractivity contribution in [2.75, 3.05) is 37.6 Å². The van der Waals surface area contributed by atoms with E-state index < -0.39 is 11.7 Å². The summed E-state index contributed by atoms with van der Waals surface area (Å²) >= 11 is 6.21. The molecule has 0 bridgehead atoms. The third-order valence-electron chi connectivity index (χ3n) is 4.51. The lowest BCUT2D eigenvalue weighted by molar-refractivity contribution is -0.137. The van der Waals surface area contributed by atoms with Crippen molar-refractivity contribution in [3.8, 4) is 11.8 Å². The Balaban J connectivity index is 1.48. The first-order chi connectivity index (χ1) is 13.8. The highest BCUT2D eigenvalue weighted by Gasteiger charge is 2.30. The lowest BCUT2D eigenvalue weighted by Crippen LogP contribution is -2.52. The van der Waals surface area contributed by atoms with Crippen molar-refractivity contribution in [2.45, 2.75) is 6.18 Å². The molecule has 29 heavy (non-hydrogen) atoms. The van der Waals surface area contributed by atoms with Gasteiger partial charge in [-0.1, -0.05) is 41.6 Å². The minimum atomic E-state index is -4.40. The van der Waals surface area contributed by atoms with Crippen molar-refractivity contribution in [2.24, 2.45) is 0 Å². The molecule has 0 aromatic heterocycles. The van der Waals surface area contributed by atoms with Crippen molar-refractivity contribution < 1.29 is 18.0 Å². The molecule has 1 N–H and O–H groups in total. The number of alkyl halides is 3. The Labute approximate surface area is 172 Å². The average Bonchev–Trinajstić information content (AvgIpc) is 2.71. The van der Waals surface area contributed by atoms with Crippen molar-refractivity contribution in [1.29, 1.82) is 0 Å². The van der Waals surface area contributed by atoms with Crippen LogP contribution in [0.2, 0.25) is 5.02 Å². The van der Waals surface area contributed by atoms with Crippen LogP contribution in [0.3, 0.4) is 0 Å². The predicted molar refractivity (Wildman–Crippen MR) is 107 cm³/mol. The van der Waals surface area contributed by atoms with Gasteiger partial charge in [0.2, 0.25) is 0 Å². The highest BCUT2D eigenvalue weighted by molar-refractivity contribution is 6.33. The van der Waals surface area contributed by atoms with Crippen LogP contribution >= 0.6 is 11.6 Å². The molecule has 2 amide bonds. The average molecular weight is 422 g/mol. The maximum Gasteiger partial charge on any atom is 0.416 e. The van der Waals surface area contributed by atoms with E-state index in [9.17, 15) is 18.0 Å². The molecule has 0 radical (unpaired) electrons. The van der Waals surface area contributed by atoms with Crippen LogP contribution in [0.15, 0.2) is 48.5 Å². The zero-order chi connectivity index (χ0) is 20.9. The van der Waals surface area contributed by atoms with Crippen molar-refractivity contribution >= 4 is 23.3 Å². The van der Waals surface area contributed by atoms with Crippen LogP contribution in [0, 0.1) is 11.8 Å². The number of halogens is 4. The first kappa shape index (κ1) is 20.9. The van der Waals surface area contributed by atoms with E-state index in [2.05, 4.69) is 22.1 Å². The monoisotopic (exact) mass is 421 g/mol. The van der Waals surface area contributed by atoms with Gasteiger partial charge in [0.15, 0.2) is 0 Å². The summed E-state index contributed by atoms with van der Waals surface area (Å²) in [6, 6.07) is 12.1. The second kappa shape index (κ2) is 9.10. The normalized spacial score (nSPS) is 14.2. The summed E-state index contributed by atoms with van der Waals surface area (Å²) in [6.07, 6.45) is -4.40. The Morgan fingerprint density at radius 2 is 1.79 bits per heavy atom. The standard InChI is InChI=1S/C21H19ClF3N3O/c22-18-8-1-2-9-19(18)27-11-13-28(14-12-27)20(29)26-10-4-6-16-5-3-7-17(15-16)21(23,24)25/h1-3,5,7-9,15H,10-14H2,(H,26,29). The van der Waals surface area contributed by atoms with Crippen molar-refractivity contribution in [3.63, 3.8) is 0 Å². The molecule has 2 aromatic carbocycles. The van der Waals surface area contributed by atoms with E-state index in [-0.39, 0.29) is 18.1 Å². The Kier molecular flexibility index (Phi) is 6.55. The zero-order valence-corrected chi connectivity index (χ0v) is 16.2. The van der Waals surface area contributed by atoms with E-state index in [1.54, 1.807) is 4.90 Å².